The van der Waals surface area contributed by atoms with Gasteiger partial charge in [0.2, 0.25) is 0 Å². The molecule has 3 aromatic rings. The van der Waals surface area contributed by atoms with Crippen molar-refractivity contribution in [3.63, 3.8) is 0 Å². The molecule has 172 valence electrons. The van der Waals surface area contributed by atoms with Crippen molar-refractivity contribution in [3.05, 3.63) is 59.3 Å². The summed E-state index contributed by atoms with van der Waals surface area (Å²) in [6.07, 6.45) is 2.15. The number of ether oxygens (including phenoxy) is 2. The molecule has 0 spiro atoms. The number of hydrogen-bond acceptors (Lipinski definition) is 7. The van der Waals surface area contributed by atoms with Gasteiger partial charge in [0, 0.05) is 11.4 Å². The van der Waals surface area contributed by atoms with Crippen LogP contribution in [0.2, 0.25) is 0 Å². The number of rotatable bonds is 5. The number of nitrogens with one attached hydrogen (secondary N) is 1. The Kier molecular flexibility index (Phi) is 7.30. The van der Waals surface area contributed by atoms with Crippen LogP contribution in [-0.2, 0) is 16.0 Å². The number of para-hydroxylation sites is 1. The van der Waals surface area contributed by atoms with Gasteiger partial charge in [0.05, 0.1) is 28.6 Å². The Morgan fingerprint density at radius 3 is 2.73 bits per heavy atom. The number of nitrogens with zero attached hydrogens (tertiary/aromatic N) is 1. The molecule has 3 N–H and O–H groups in total. The number of carbonyl (C=O) groups excluding carboxylic acids is 3. The van der Waals surface area contributed by atoms with Gasteiger partial charge >= 0.3 is 6.15 Å². The Labute approximate surface area is 192 Å². The van der Waals surface area contributed by atoms with Crippen molar-refractivity contribution in [2.45, 2.75) is 39.2 Å². The Morgan fingerprint density at radius 1 is 1.24 bits per heavy atom. The lowest BCUT2D eigenvalue weighted by molar-refractivity contribution is -0.191. The lowest BCUT2D eigenvalue weighted by Crippen LogP contribution is -2.48. The molecular formula is C25H27N3O5. The maximum atomic E-state index is 13.0. The van der Waals surface area contributed by atoms with Crippen molar-refractivity contribution in [1.82, 2.24) is 10.3 Å². The van der Waals surface area contributed by atoms with Gasteiger partial charge < -0.3 is 20.5 Å². The van der Waals surface area contributed by atoms with Gasteiger partial charge in [0.15, 0.2) is 0 Å². The highest BCUT2D eigenvalue weighted by Crippen LogP contribution is 2.31. The number of aryl methyl sites for hydroxylation is 2. The molecule has 0 bridgehead atoms. The van der Waals surface area contributed by atoms with Gasteiger partial charge in [0.25, 0.3) is 5.91 Å². The molecular weight excluding hydrogens is 422 g/mol. The summed E-state index contributed by atoms with van der Waals surface area (Å²) in [4.78, 5) is 33.7. The summed E-state index contributed by atoms with van der Waals surface area (Å²) in [7, 11) is 0. The number of amides is 1. The molecule has 33 heavy (non-hydrogen) atoms. The van der Waals surface area contributed by atoms with E-state index >= 15 is 0 Å². The summed E-state index contributed by atoms with van der Waals surface area (Å²) in [5.74, 6) is 1.18. The SMILES string of the molecule is Cc1cc(N)c2c(OCC(C)(C)NC(=O)c3cccc4c3OCCC4)cccc2n1.O=C=O. The van der Waals surface area contributed by atoms with E-state index in [1.165, 1.54) is 0 Å². The zero-order valence-corrected chi connectivity index (χ0v) is 18.9. The first-order valence-electron chi connectivity index (χ1n) is 10.6. The number of fused-ring (bicyclic) bond motifs is 2. The number of nitrogen functional groups attached to an aromatic ring is 1. The standard InChI is InChI=1S/C24H27N3O3.CO2/c1-15-13-18(25)21-19(26-15)10-5-11-20(21)30-14-24(2,3)27-23(28)17-9-4-7-16-8-6-12-29-22(16)17;2-1-3/h4-5,7,9-11,13H,6,8,12,14H2,1-3H3,(H2,25,26)(H,27,28);. The third-order valence-corrected chi connectivity index (χ3v) is 5.17. The van der Waals surface area contributed by atoms with Crippen LogP contribution in [0.25, 0.3) is 10.9 Å². The summed E-state index contributed by atoms with van der Waals surface area (Å²) in [5.41, 5.74) is 9.53. The number of nitrogens with two attached hydrogens (primary N) is 1. The summed E-state index contributed by atoms with van der Waals surface area (Å²) >= 11 is 0. The lowest BCUT2D eigenvalue weighted by atomic mass is 10.0. The largest absolute Gasteiger partial charge is 0.492 e. The molecule has 0 fully saturated rings. The molecule has 0 atom stereocenters. The second-order valence-electron chi connectivity index (χ2n) is 8.46. The predicted octanol–water partition coefficient (Wildman–Crippen LogP) is 3.45. The molecule has 8 heteroatoms. The quantitative estimate of drug-likeness (QED) is 0.612. The normalized spacial score (nSPS) is 12.5. The van der Waals surface area contributed by atoms with Gasteiger partial charge in [-0.3, -0.25) is 9.78 Å². The predicted molar refractivity (Wildman–Crippen MR) is 123 cm³/mol. The van der Waals surface area contributed by atoms with Crippen LogP contribution >= 0.6 is 0 Å². The highest BCUT2D eigenvalue weighted by molar-refractivity contribution is 5.98. The highest BCUT2D eigenvalue weighted by atomic mass is 16.5. The minimum atomic E-state index is -0.608. The van der Waals surface area contributed by atoms with Crippen molar-refractivity contribution in [3.8, 4) is 11.5 Å². The van der Waals surface area contributed by atoms with Crippen LogP contribution in [0.4, 0.5) is 5.69 Å². The van der Waals surface area contributed by atoms with Gasteiger partial charge in [-0.1, -0.05) is 18.2 Å². The topological polar surface area (TPSA) is 121 Å². The molecule has 2 aromatic carbocycles. The fourth-order valence-electron chi connectivity index (χ4n) is 3.78. The van der Waals surface area contributed by atoms with E-state index in [1.807, 2.05) is 57.2 Å². The van der Waals surface area contributed by atoms with Gasteiger partial charge in [-0.15, -0.1) is 0 Å². The van der Waals surface area contributed by atoms with Gasteiger partial charge in [0.1, 0.15) is 18.1 Å². The summed E-state index contributed by atoms with van der Waals surface area (Å²) in [6.45, 7) is 6.69. The fourth-order valence-corrected chi connectivity index (χ4v) is 3.78. The average molecular weight is 450 g/mol. The number of hydrogen-bond donors (Lipinski definition) is 2. The molecule has 4 rings (SSSR count). The fraction of sp³-hybridized carbons (Fsp3) is 0.320. The molecule has 1 amide bonds. The Balaban J connectivity index is 0.000000968. The second-order valence-corrected chi connectivity index (χ2v) is 8.46. The molecule has 8 nitrogen and oxygen atoms in total. The smallest absolute Gasteiger partial charge is 0.373 e. The molecule has 2 heterocycles. The molecule has 0 unspecified atom stereocenters. The van der Waals surface area contributed by atoms with Crippen LogP contribution in [0.3, 0.4) is 0 Å². The van der Waals surface area contributed by atoms with Crippen molar-refractivity contribution in [1.29, 1.82) is 0 Å². The Morgan fingerprint density at radius 2 is 1.97 bits per heavy atom. The number of pyridine rings is 1. The molecule has 1 aromatic heterocycles. The minimum Gasteiger partial charge on any atom is -0.492 e. The van der Waals surface area contributed by atoms with Gasteiger partial charge in [-0.05, 0) is 63.4 Å². The summed E-state index contributed by atoms with van der Waals surface area (Å²) in [5, 5.41) is 3.86. The highest BCUT2D eigenvalue weighted by Gasteiger charge is 2.26. The number of aromatic nitrogens is 1. The molecule has 0 aliphatic carbocycles. The third kappa shape index (κ3) is 5.67. The van der Waals surface area contributed by atoms with E-state index in [-0.39, 0.29) is 18.7 Å². The number of benzene rings is 2. The zero-order chi connectivity index (χ0) is 24.0. The molecule has 0 radical (unpaired) electrons. The van der Waals surface area contributed by atoms with E-state index in [9.17, 15) is 4.79 Å². The van der Waals surface area contributed by atoms with Crippen molar-refractivity contribution in [2.75, 3.05) is 18.9 Å². The molecule has 0 saturated carbocycles. The van der Waals surface area contributed by atoms with E-state index in [0.717, 1.165) is 35.0 Å². The maximum Gasteiger partial charge on any atom is 0.373 e. The van der Waals surface area contributed by atoms with E-state index < -0.39 is 5.54 Å². The minimum absolute atomic E-state index is 0.169. The number of carbonyl (C=O) groups is 1. The average Bonchev–Trinajstić information content (AvgIpc) is 2.77. The van der Waals surface area contributed by atoms with Crippen LogP contribution in [0.1, 0.15) is 41.9 Å². The number of anilines is 1. The molecule has 1 aliphatic heterocycles. The zero-order valence-electron chi connectivity index (χ0n) is 18.9. The van der Waals surface area contributed by atoms with Gasteiger partial charge in [-0.2, -0.15) is 9.59 Å². The van der Waals surface area contributed by atoms with Crippen LogP contribution in [-0.4, -0.2) is 35.8 Å². The van der Waals surface area contributed by atoms with Crippen molar-refractivity contribution < 1.29 is 23.9 Å². The molecule has 1 aliphatic rings. The van der Waals surface area contributed by atoms with Crippen molar-refractivity contribution >= 4 is 28.6 Å². The maximum absolute atomic E-state index is 13.0. The summed E-state index contributed by atoms with van der Waals surface area (Å²) < 4.78 is 11.9. The first-order chi connectivity index (χ1) is 15.8. The van der Waals surface area contributed by atoms with Crippen molar-refractivity contribution in [2.24, 2.45) is 0 Å². The molecule has 0 saturated heterocycles. The monoisotopic (exact) mass is 449 g/mol. The second kappa shape index (κ2) is 10.1. The lowest BCUT2D eigenvalue weighted by Gasteiger charge is -2.28. The third-order valence-electron chi connectivity index (χ3n) is 5.17. The van der Waals surface area contributed by atoms with E-state index in [0.29, 0.717) is 29.4 Å². The van der Waals surface area contributed by atoms with Crippen LogP contribution in [0.5, 0.6) is 11.5 Å². The van der Waals surface area contributed by atoms with Gasteiger partial charge in [-0.25, -0.2) is 0 Å². The van der Waals surface area contributed by atoms with E-state index in [4.69, 9.17) is 24.8 Å². The van der Waals surface area contributed by atoms with Crippen LogP contribution in [0.15, 0.2) is 42.5 Å². The van der Waals surface area contributed by atoms with E-state index in [2.05, 4.69) is 10.3 Å². The van der Waals surface area contributed by atoms with Crippen LogP contribution < -0.4 is 20.5 Å². The Hall–Kier alpha value is -3.90. The van der Waals surface area contributed by atoms with E-state index in [1.54, 1.807) is 6.07 Å². The Bertz CT molecular complexity index is 1200. The van der Waals surface area contributed by atoms with Crippen LogP contribution in [0, 0.1) is 6.92 Å². The first-order valence-corrected chi connectivity index (χ1v) is 10.6. The summed E-state index contributed by atoms with van der Waals surface area (Å²) in [6, 6.07) is 13.2. The first kappa shape index (κ1) is 23.8.